The molecule has 4 rings (SSSR count). The average Bonchev–Trinajstić information content (AvgIpc) is 3.23. The first-order chi connectivity index (χ1) is 15.5. The van der Waals surface area contributed by atoms with Gasteiger partial charge in [0, 0.05) is 31.7 Å². The molecule has 0 spiro atoms. The molecule has 0 radical (unpaired) electrons. The quantitative estimate of drug-likeness (QED) is 0.437. The van der Waals surface area contributed by atoms with Gasteiger partial charge in [-0.25, -0.2) is 14.8 Å². The summed E-state index contributed by atoms with van der Waals surface area (Å²) in [6, 6.07) is 18.2. The van der Waals surface area contributed by atoms with Crippen LogP contribution in [0.25, 0.3) is 0 Å². The number of quaternary nitrogens is 1. The Morgan fingerprint density at radius 3 is 2.25 bits per heavy atom. The molecule has 6 heteroatoms. The molecule has 2 heterocycles. The van der Waals surface area contributed by atoms with Crippen LogP contribution in [0.3, 0.4) is 0 Å². The number of carbonyl (C=O) groups is 1. The highest BCUT2D eigenvalue weighted by atomic mass is 16.6. The number of ether oxygens (including phenoxy) is 1. The molecule has 2 atom stereocenters. The Morgan fingerprint density at radius 2 is 1.66 bits per heavy atom. The summed E-state index contributed by atoms with van der Waals surface area (Å²) >= 11 is 0. The van der Waals surface area contributed by atoms with Gasteiger partial charge in [0.25, 0.3) is 0 Å². The summed E-state index contributed by atoms with van der Waals surface area (Å²) in [5, 5.41) is 11.6. The molecule has 0 bridgehead atoms. The topological polar surface area (TPSA) is 72.3 Å². The number of esters is 1. The zero-order chi connectivity index (χ0) is 22.4. The highest BCUT2D eigenvalue weighted by molar-refractivity contribution is 5.85. The molecule has 2 aromatic carbocycles. The molecule has 1 aromatic heterocycles. The maximum Gasteiger partial charge on any atom is 0.347 e. The smallest absolute Gasteiger partial charge is 0.347 e. The average molecular weight is 433 g/mol. The van der Waals surface area contributed by atoms with E-state index in [-0.39, 0.29) is 12.6 Å². The maximum absolute atomic E-state index is 13.3. The second-order valence-electron chi connectivity index (χ2n) is 8.76. The Morgan fingerprint density at radius 1 is 1.06 bits per heavy atom. The molecular formula is C26H30N3O3+. The van der Waals surface area contributed by atoms with Crippen LogP contribution in [0.4, 0.5) is 0 Å². The first-order valence-corrected chi connectivity index (χ1v) is 11.1. The van der Waals surface area contributed by atoms with Gasteiger partial charge in [-0.1, -0.05) is 60.7 Å². The molecule has 166 valence electrons. The lowest BCUT2D eigenvalue weighted by Crippen LogP contribution is -2.52. The van der Waals surface area contributed by atoms with Crippen LogP contribution in [0.5, 0.6) is 0 Å². The van der Waals surface area contributed by atoms with E-state index in [1.807, 2.05) is 48.8 Å². The zero-order valence-electron chi connectivity index (χ0n) is 18.4. The molecule has 1 N–H and O–H groups in total. The third kappa shape index (κ3) is 4.56. The number of hydrogen-bond acceptors (Lipinski definition) is 5. The molecule has 0 aliphatic carbocycles. The van der Waals surface area contributed by atoms with Gasteiger partial charge < -0.3 is 14.3 Å². The molecule has 32 heavy (non-hydrogen) atoms. The van der Waals surface area contributed by atoms with Crippen molar-refractivity contribution >= 4 is 5.97 Å². The normalized spacial score (nSPS) is 20.8. The van der Waals surface area contributed by atoms with Gasteiger partial charge in [0.05, 0.1) is 20.1 Å². The number of aliphatic hydroxyl groups is 1. The highest BCUT2D eigenvalue weighted by Gasteiger charge is 2.44. The fourth-order valence-corrected chi connectivity index (χ4v) is 4.62. The van der Waals surface area contributed by atoms with E-state index in [1.165, 1.54) is 0 Å². The summed E-state index contributed by atoms with van der Waals surface area (Å²) in [6.07, 6.45) is 8.20. The first-order valence-electron chi connectivity index (χ1n) is 11.1. The summed E-state index contributed by atoms with van der Waals surface area (Å²) < 4.78 is 6.65. The number of carbonyl (C=O) groups excluding carboxylic acids is 1. The Kier molecular flexibility index (Phi) is 6.63. The summed E-state index contributed by atoms with van der Waals surface area (Å²) in [4.78, 5) is 21.5. The van der Waals surface area contributed by atoms with Crippen LogP contribution in [0, 0.1) is 0 Å². The number of likely N-dealkylation sites (N-methyl/N-ethyl adjacent to an activating group) is 1. The Hall–Kier alpha value is -3.09. The van der Waals surface area contributed by atoms with Gasteiger partial charge in [0.1, 0.15) is 19.0 Å². The monoisotopic (exact) mass is 432 g/mol. The summed E-state index contributed by atoms with van der Waals surface area (Å²) in [6.45, 7) is 2.25. The lowest BCUT2D eigenvalue weighted by Gasteiger charge is -2.36. The van der Waals surface area contributed by atoms with E-state index in [2.05, 4.69) is 17.0 Å². The second-order valence-corrected chi connectivity index (χ2v) is 8.76. The Balaban J connectivity index is 1.48. The van der Waals surface area contributed by atoms with Gasteiger partial charge in [-0.05, 0) is 16.7 Å². The van der Waals surface area contributed by atoms with Crippen molar-refractivity contribution in [3.63, 3.8) is 0 Å². The van der Waals surface area contributed by atoms with Crippen molar-refractivity contribution < 1.29 is 19.1 Å². The van der Waals surface area contributed by atoms with Crippen molar-refractivity contribution in [2.45, 2.75) is 30.9 Å². The minimum Gasteiger partial charge on any atom is -0.457 e. The lowest BCUT2D eigenvalue weighted by atomic mass is 9.86. The van der Waals surface area contributed by atoms with Crippen LogP contribution in [-0.2, 0) is 21.6 Å². The van der Waals surface area contributed by atoms with E-state index >= 15 is 0 Å². The van der Waals surface area contributed by atoms with Gasteiger partial charge in [-0.2, -0.15) is 0 Å². The largest absolute Gasteiger partial charge is 0.457 e. The highest BCUT2D eigenvalue weighted by Crippen LogP contribution is 2.32. The first kappa shape index (κ1) is 22.1. The molecule has 3 aromatic rings. The number of likely N-dealkylation sites (tertiary alicyclic amines) is 1. The van der Waals surface area contributed by atoms with Crippen molar-refractivity contribution in [1.29, 1.82) is 0 Å². The SMILES string of the molecule is C[N+]1(CCc2cncnc2)CCCC1COC(=O)C(O)(c1ccccc1)c1ccccc1. The molecule has 0 amide bonds. The molecular weight excluding hydrogens is 402 g/mol. The fraction of sp³-hybridized carbons (Fsp3) is 0.346. The maximum atomic E-state index is 13.3. The van der Waals surface area contributed by atoms with Crippen molar-refractivity contribution in [3.8, 4) is 0 Å². The molecule has 1 saturated heterocycles. The molecule has 6 nitrogen and oxygen atoms in total. The molecule has 1 aliphatic rings. The summed E-state index contributed by atoms with van der Waals surface area (Å²) in [5.74, 6) is -0.634. The van der Waals surface area contributed by atoms with Gasteiger partial charge in [-0.3, -0.25) is 0 Å². The van der Waals surface area contributed by atoms with E-state index < -0.39 is 11.6 Å². The van der Waals surface area contributed by atoms with Gasteiger partial charge in [-0.15, -0.1) is 0 Å². The van der Waals surface area contributed by atoms with Crippen LogP contribution in [-0.4, -0.2) is 58.3 Å². The zero-order valence-corrected chi connectivity index (χ0v) is 18.4. The minimum absolute atomic E-state index is 0.194. The van der Waals surface area contributed by atoms with E-state index in [1.54, 1.807) is 30.6 Å². The van der Waals surface area contributed by atoms with E-state index in [0.717, 1.165) is 42.4 Å². The Labute approximate surface area is 189 Å². The molecule has 1 aliphatic heterocycles. The van der Waals surface area contributed by atoms with Crippen molar-refractivity contribution in [2.24, 2.45) is 0 Å². The number of aromatic nitrogens is 2. The van der Waals surface area contributed by atoms with Crippen LogP contribution in [0.15, 0.2) is 79.4 Å². The van der Waals surface area contributed by atoms with Crippen LogP contribution < -0.4 is 0 Å². The predicted molar refractivity (Wildman–Crippen MR) is 122 cm³/mol. The van der Waals surface area contributed by atoms with Crippen LogP contribution in [0.1, 0.15) is 29.5 Å². The standard InChI is InChI=1S/C26H30N3O3/c1-29(16-14-21-17-27-20-28-18-21)15-8-13-24(29)19-32-25(30)26(31,22-9-4-2-5-10-22)23-11-6-3-7-12-23/h2-7,9-12,17-18,20,24,31H,8,13-16,19H2,1H3/q+1. The van der Waals surface area contributed by atoms with Gasteiger partial charge in [0.15, 0.2) is 0 Å². The molecule has 1 fully saturated rings. The third-order valence-electron chi connectivity index (χ3n) is 6.70. The van der Waals surface area contributed by atoms with Crippen molar-refractivity contribution in [1.82, 2.24) is 9.97 Å². The fourth-order valence-electron chi connectivity index (χ4n) is 4.62. The number of nitrogens with zero attached hydrogens (tertiary/aromatic N) is 3. The van der Waals surface area contributed by atoms with Crippen molar-refractivity contribution in [2.75, 3.05) is 26.7 Å². The van der Waals surface area contributed by atoms with Gasteiger partial charge >= 0.3 is 5.97 Å². The van der Waals surface area contributed by atoms with Crippen molar-refractivity contribution in [3.05, 3.63) is 96.1 Å². The van der Waals surface area contributed by atoms with Crippen LogP contribution >= 0.6 is 0 Å². The molecule has 2 unspecified atom stereocenters. The van der Waals surface area contributed by atoms with E-state index in [0.29, 0.717) is 11.1 Å². The summed E-state index contributed by atoms with van der Waals surface area (Å²) in [7, 11) is 2.22. The van der Waals surface area contributed by atoms with E-state index in [4.69, 9.17) is 4.74 Å². The van der Waals surface area contributed by atoms with E-state index in [9.17, 15) is 9.90 Å². The van der Waals surface area contributed by atoms with Gasteiger partial charge in [0.2, 0.25) is 5.60 Å². The minimum atomic E-state index is -1.84. The summed E-state index contributed by atoms with van der Waals surface area (Å²) in [5.41, 5.74) is 0.274. The number of rotatable bonds is 8. The molecule has 0 saturated carbocycles. The predicted octanol–water partition coefficient (Wildman–Crippen LogP) is 3.11. The third-order valence-corrected chi connectivity index (χ3v) is 6.70. The number of benzene rings is 2. The van der Waals surface area contributed by atoms with Crippen LogP contribution in [0.2, 0.25) is 0 Å². The lowest BCUT2D eigenvalue weighted by molar-refractivity contribution is -0.921. The number of hydrogen-bond donors (Lipinski definition) is 1. The second kappa shape index (κ2) is 9.59. The Bertz CT molecular complexity index is 975.